The molecule has 0 spiro atoms. The van der Waals surface area contributed by atoms with E-state index in [0.717, 1.165) is 24.2 Å². The molecular formula is C15H23ClO2. The lowest BCUT2D eigenvalue weighted by atomic mass is 9.94. The van der Waals surface area contributed by atoms with Crippen molar-refractivity contribution in [3.05, 3.63) is 29.8 Å². The van der Waals surface area contributed by atoms with Crippen LogP contribution in [0.3, 0.4) is 0 Å². The first-order valence-electron chi connectivity index (χ1n) is 6.37. The molecule has 0 heterocycles. The van der Waals surface area contributed by atoms with Gasteiger partial charge in [0.1, 0.15) is 5.75 Å². The van der Waals surface area contributed by atoms with Gasteiger partial charge in [0.05, 0.1) is 7.11 Å². The molecule has 0 aliphatic heterocycles. The molecule has 0 N–H and O–H groups in total. The highest BCUT2D eigenvalue weighted by molar-refractivity contribution is 5.97. The van der Waals surface area contributed by atoms with Crippen molar-refractivity contribution in [2.75, 3.05) is 7.11 Å². The molecule has 3 heteroatoms. The Morgan fingerprint density at radius 3 is 2.33 bits per heavy atom. The van der Waals surface area contributed by atoms with Crippen LogP contribution in [0.5, 0.6) is 5.75 Å². The molecule has 0 aliphatic rings. The number of carbonyl (C=O) groups excluding carboxylic acids is 1. The first kappa shape index (κ1) is 17.0. The van der Waals surface area contributed by atoms with Gasteiger partial charge in [-0.05, 0) is 30.7 Å². The number of hydrogen-bond donors (Lipinski definition) is 0. The van der Waals surface area contributed by atoms with Crippen molar-refractivity contribution in [1.82, 2.24) is 0 Å². The molecule has 2 nitrogen and oxygen atoms in total. The molecule has 0 aromatic heterocycles. The molecule has 0 fully saturated rings. The smallest absolute Gasteiger partial charge is 0.165 e. The maximum atomic E-state index is 12.1. The first-order chi connectivity index (χ1) is 8.19. The van der Waals surface area contributed by atoms with Gasteiger partial charge in [-0.3, -0.25) is 4.79 Å². The van der Waals surface area contributed by atoms with Gasteiger partial charge >= 0.3 is 0 Å². The number of benzene rings is 1. The summed E-state index contributed by atoms with van der Waals surface area (Å²) in [5, 5.41) is 0. The molecule has 0 radical (unpaired) electrons. The highest BCUT2D eigenvalue weighted by Gasteiger charge is 2.14. The first-order valence-corrected chi connectivity index (χ1v) is 6.37. The lowest BCUT2D eigenvalue weighted by Crippen LogP contribution is -2.11. The SMILES string of the molecule is CCCCCC(C)C(=O)c1ccc(OC)cc1.Cl. The average molecular weight is 271 g/mol. The highest BCUT2D eigenvalue weighted by Crippen LogP contribution is 2.18. The molecule has 0 aliphatic carbocycles. The van der Waals surface area contributed by atoms with Crippen LogP contribution in [0.4, 0.5) is 0 Å². The minimum atomic E-state index is 0. The Morgan fingerprint density at radius 1 is 1.22 bits per heavy atom. The highest BCUT2D eigenvalue weighted by atomic mass is 35.5. The number of rotatable bonds is 7. The Labute approximate surface area is 116 Å². The fourth-order valence-electron chi connectivity index (χ4n) is 1.87. The van der Waals surface area contributed by atoms with Gasteiger partial charge in [-0.1, -0.05) is 33.1 Å². The van der Waals surface area contributed by atoms with Crippen LogP contribution in [-0.2, 0) is 0 Å². The molecule has 0 bridgehead atoms. The predicted octanol–water partition coefficient (Wildman–Crippen LogP) is 4.52. The van der Waals surface area contributed by atoms with Crippen LogP contribution >= 0.6 is 12.4 Å². The van der Waals surface area contributed by atoms with E-state index in [1.165, 1.54) is 12.8 Å². The van der Waals surface area contributed by atoms with Gasteiger partial charge in [0.25, 0.3) is 0 Å². The van der Waals surface area contributed by atoms with Crippen LogP contribution < -0.4 is 4.74 Å². The van der Waals surface area contributed by atoms with E-state index >= 15 is 0 Å². The quantitative estimate of drug-likeness (QED) is 0.538. The zero-order chi connectivity index (χ0) is 12.7. The molecular weight excluding hydrogens is 248 g/mol. The summed E-state index contributed by atoms with van der Waals surface area (Å²) in [6.45, 7) is 4.19. The standard InChI is InChI=1S/C15H22O2.ClH/c1-4-5-6-7-12(2)15(16)13-8-10-14(17-3)11-9-13;/h8-12H,4-7H2,1-3H3;1H. The van der Waals surface area contributed by atoms with Gasteiger partial charge in [0, 0.05) is 11.5 Å². The van der Waals surface area contributed by atoms with E-state index in [1.807, 2.05) is 31.2 Å². The Morgan fingerprint density at radius 2 is 1.83 bits per heavy atom. The van der Waals surface area contributed by atoms with Gasteiger partial charge in [-0.2, -0.15) is 0 Å². The maximum Gasteiger partial charge on any atom is 0.165 e. The predicted molar refractivity (Wildman–Crippen MR) is 77.9 cm³/mol. The molecule has 1 aromatic carbocycles. The number of ketones is 1. The number of hydrogen-bond acceptors (Lipinski definition) is 2. The van der Waals surface area contributed by atoms with Crippen LogP contribution in [0.2, 0.25) is 0 Å². The van der Waals surface area contributed by atoms with Gasteiger partial charge in [0.15, 0.2) is 5.78 Å². The second-order valence-electron chi connectivity index (χ2n) is 4.49. The molecule has 0 amide bonds. The van der Waals surface area contributed by atoms with Gasteiger partial charge in [0.2, 0.25) is 0 Å². The van der Waals surface area contributed by atoms with Crippen LogP contribution in [0.1, 0.15) is 49.9 Å². The fraction of sp³-hybridized carbons (Fsp3) is 0.533. The summed E-state index contributed by atoms with van der Waals surface area (Å²) in [4.78, 5) is 12.1. The van der Waals surface area contributed by atoms with E-state index in [4.69, 9.17) is 4.74 Å². The van der Waals surface area contributed by atoms with Gasteiger partial charge in [-0.15, -0.1) is 12.4 Å². The van der Waals surface area contributed by atoms with Crippen LogP contribution in [0, 0.1) is 5.92 Å². The van der Waals surface area contributed by atoms with Crippen molar-refractivity contribution in [2.45, 2.75) is 39.5 Å². The molecule has 18 heavy (non-hydrogen) atoms. The molecule has 1 aromatic rings. The second-order valence-corrected chi connectivity index (χ2v) is 4.49. The van der Waals surface area contributed by atoms with E-state index in [9.17, 15) is 4.79 Å². The Hall–Kier alpha value is -1.02. The summed E-state index contributed by atoms with van der Waals surface area (Å²) in [6.07, 6.45) is 4.53. The average Bonchev–Trinajstić information content (AvgIpc) is 2.38. The van der Waals surface area contributed by atoms with Crippen LogP contribution in [0.15, 0.2) is 24.3 Å². The summed E-state index contributed by atoms with van der Waals surface area (Å²) in [5.41, 5.74) is 0.787. The monoisotopic (exact) mass is 270 g/mol. The Balaban J connectivity index is 0.00000289. The number of methoxy groups -OCH3 is 1. The second kappa shape index (κ2) is 8.98. The largest absolute Gasteiger partial charge is 0.497 e. The van der Waals surface area contributed by atoms with Crippen molar-refractivity contribution < 1.29 is 9.53 Å². The Bertz CT molecular complexity index is 346. The van der Waals surface area contributed by atoms with E-state index in [0.29, 0.717) is 0 Å². The lowest BCUT2D eigenvalue weighted by molar-refractivity contribution is 0.0922. The van der Waals surface area contributed by atoms with Crippen molar-refractivity contribution in [1.29, 1.82) is 0 Å². The number of unbranched alkanes of at least 4 members (excludes halogenated alkanes) is 2. The maximum absolute atomic E-state index is 12.1. The van der Waals surface area contributed by atoms with E-state index in [-0.39, 0.29) is 24.1 Å². The molecule has 0 saturated carbocycles. The van der Waals surface area contributed by atoms with Crippen LogP contribution in [-0.4, -0.2) is 12.9 Å². The van der Waals surface area contributed by atoms with Crippen molar-refractivity contribution in [3.8, 4) is 5.75 Å². The van der Waals surface area contributed by atoms with E-state index in [2.05, 4.69) is 6.92 Å². The zero-order valence-corrected chi connectivity index (χ0v) is 12.3. The zero-order valence-electron chi connectivity index (χ0n) is 11.4. The third-order valence-electron chi connectivity index (χ3n) is 3.06. The molecule has 102 valence electrons. The number of carbonyl (C=O) groups is 1. The Kier molecular flexibility index (Phi) is 8.47. The van der Waals surface area contributed by atoms with E-state index in [1.54, 1.807) is 7.11 Å². The third-order valence-corrected chi connectivity index (χ3v) is 3.06. The van der Waals surface area contributed by atoms with Gasteiger partial charge < -0.3 is 4.74 Å². The van der Waals surface area contributed by atoms with Crippen molar-refractivity contribution in [3.63, 3.8) is 0 Å². The fourth-order valence-corrected chi connectivity index (χ4v) is 1.87. The molecule has 1 unspecified atom stereocenters. The normalized spacial score (nSPS) is 11.5. The van der Waals surface area contributed by atoms with Gasteiger partial charge in [-0.25, -0.2) is 0 Å². The topological polar surface area (TPSA) is 26.3 Å². The lowest BCUT2D eigenvalue weighted by Gasteiger charge is -2.10. The molecule has 0 saturated heterocycles. The third kappa shape index (κ3) is 5.09. The number of Topliss-reactive ketones (excluding diaryl/α,β-unsaturated/α-hetero) is 1. The minimum absolute atomic E-state index is 0. The number of ether oxygens (including phenoxy) is 1. The van der Waals surface area contributed by atoms with Crippen molar-refractivity contribution in [2.24, 2.45) is 5.92 Å². The summed E-state index contributed by atoms with van der Waals surface area (Å²) in [5.74, 6) is 1.15. The summed E-state index contributed by atoms with van der Waals surface area (Å²) in [7, 11) is 1.63. The summed E-state index contributed by atoms with van der Waals surface area (Å²) < 4.78 is 5.08. The summed E-state index contributed by atoms with van der Waals surface area (Å²) >= 11 is 0. The van der Waals surface area contributed by atoms with E-state index < -0.39 is 0 Å². The van der Waals surface area contributed by atoms with Crippen LogP contribution in [0.25, 0.3) is 0 Å². The number of halogens is 1. The summed E-state index contributed by atoms with van der Waals surface area (Å²) in [6, 6.07) is 7.37. The van der Waals surface area contributed by atoms with Crippen molar-refractivity contribution >= 4 is 18.2 Å². The minimum Gasteiger partial charge on any atom is -0.497 e. The molecule has 1 atom stereocenters. The molecule has 1 rings (SSSR count).